The van der Waals surface area contributed by atoms with Crippen LogP contribution in [0.5, 0.6) is 5.75 Å². The maximum Gasteiger partial charge on any atom is 0.194 e. The third-order valence-electron chi connectivity index (χ3n) is 2.91. The van der Waals surface area contributed by atoms with Crippen LogP contribution in [-0.4, -0.2) is 16.8 Å². The van der Waals surface area contributed by atoms with Gasteiger partial charge in [-0.1, -0.05) is 29.8 Å². The maximum atomic E-state index is 11.6. The Bertz CT molecular complexity index is 640. The fourth-order valence-corrected chi connectivity index (χ4v) is 2.14. The summed E-state index contributed by atoms with van der Waals surface area (Å²) in [5.74, 6) is 1.48. The number of nitrogens with zero attached hydrogens (tertiary/aromatic N) is 1. The van der Waals surface area contributed by atoms with E-state index in [0.717, 1.165) is 22.6 Å². The van der Waals surface area contributed by atoms with Crippen molar-refractivity contribution in [2.75, 3.05) is 12.2 Å². The van der Waals surface area contributed by atoms with E-state index in [2.05, 4.69) is 6.07 Å². The van der Waals surface area contributed by atoms with Crippen molar-refractivity contribution >= 4 is 11.8 Å². The molecular formula is C15H16NO2SY-. The fraction of sp³-hybridized carbons (Fsp3) is 0.267. The van der Waals surface area contributed by atoms with E-state index in [1.54, 1.807) is 29.4 Å². The van der Waals surface area contributed by atoms with Gasteiger partial charge in [-0.15, -0.1) is 17.8 Å². The largest absolute Gasteiger partial charge is 0.483 e. The van der Waals surface area contributed by atoms with Gasteiger partial charge in [0.05, 0.1) is 0 Å². The van der Waals surface area contributed by atoms with E-state index in [4.69, 9.17) is 4.74 Å². The van der Waals surface area contributed by atoms with Crippen LogP contribution in [0.3, 0.4) is 0 Å². The van der Waals surface area contributed by atoms with E-state index in [1.165, 1.54) is 6.07 Å². The van der Waals surface area contributed by atoms with E-state index in [-0.39, 0.29) is 38.3 Å². The summed E-state index contributed by atoms with van der Waals surface area (Å²) in [4.78, 5) is 11.6. The topological polar surface area (TPSA) is 31.2 Å². The fourth-order valence-electron chi connectivity index (χ4n) is 1.89. The van der Waals surface area contributed by atoms with Crippen LogP contribution in [0, 0.1) is 13.0 Å². The van der Waals surface area contributed by atoms with E-state index in [0.29, 0.717) is 5.94 Å². The minimum Gasteiger partial charge on any atom is -0.483 e. The third-order valence-corrected chi connectivity index (χ3v) is 3.26. The molecule has 0 fully saturated rings. The third kappa shape index (κ3) is 3.97. The molecule has 1 aromatic heterocycles. The molecule has 3 nitrogen and oxygen atoms in total. The SMILES string of the molecule is CSCOc1ccc(-c2[c-]ccc(=O)n2C)c(C)c1.[Y]. The van der Waals surface area contributed by atoms with Crippen molar-refractivity contribution in [1.29, 1.82) is 0 Å². The van der Waals surface area contributed by atoms with Gasteiger partial charge in [-0.05, 0) is 18.4 Å². The van der Waals surface area contributed by atoms with Gasteiger partial charge in [-0.3, -0.25) is 4.79 Å². The molecule has 1 heterocycles. The number of benzene rings is 1. The van der Waals surface area contributed by atoms with Gasteiger partial charge in [0.2, 0.25) is 0 Å². The Morgan fingerprint density at radius 2 is 2.10 bits per heavy atom. The van der Waals surface area contributed by atoms with Crippen LogP contribution in [0.4, 0.5) is 0 Å². The monoisotopic (exact) mass is 363 g/mol. The van der Waals surface area contributed by atoms with E-state index in [1.807, 2.05) is 31.4 Å². The summed E-state index contributed by atoms with van der Waals surface area (Å²) in [5.41, 5.74) is 2.82. The van der Waals surface area contributed by atoms with Crippen molar-refractivity contribution in [2.24, 2.45) is 7.05 Å². The normalized spacial score (nSPS) is 9.95. The molecule has 1 radical (unpaired) electrons. The summed E-state index contributed by atoms with van der Waals surface area (Å²) in [6.07, 6.45) is 2.00. The predicted molar refractivity (Wildman–Crippen MR) is 79.7 cm³/mol. The van der Waals surface area contributed by atoms with Crippen molar-refractivity contribution in [2.45, 2.75) is 6.92 Å². The number of pyridine rings is 1. The Kier molecular flexibility index (Phi) is 7.00. The van der Waals surface area contributed by atoms with Crippen LogP contribution in [0.25, 0.3) is 11.3 Å². The molecule has 0 saturated heterocycles. The van der Waals surface area contributed by atoms with Crippen molar-refractivity contribution in [3.63, 3.8) is 0 Å². The number of rotatable bonds is 4. The average molecular weight is 363 g/mol. The molecule has 0 bridgehead atoms. The molecule has 20 heavy (non-hydrogen) atoms. The summed E-state index contributed by atoms with van der Waals surface area (Å²) in [7, 11) is 1.76. The number of aromatic nitrogens is 1. The molecule has 0 amide bonds. The maximum absolute atomic E-state index is 11.6. The van der Waals surface area contributed by atoms with Crippen LogP contribution in [0.2, 0.25) is 0 Å². The van der Waals surface area contributed by atoms with Gasteiger partial charge >= 0.3 is 0 Å². The van der Waals surface area contributed by atoms with Crippen molar-refractivity contribution in [1.82, 2.24) is 4.57 Å². The molecule has 0 unspecified atom stereocenters. The molecular weight excluding hydrogens is 347 g/mol. The van der Waals surface area contributed by atoms with Crippen molar-refractivity contribution < 1.29 is 37.4 Å². The molecule has 1 aromatic carbocycles. The molecule has 103 valence electrons. The molecule has 0 aliphatic carbocycles. The molecule has 0 spiro atoms. The summed E-state index contributed by atoms with van der Waals surface area (Å²) >= 11 is 1.63. The second-order valence-electron chi connectivity index (χ2n) is 4.25. The van der Waals surface area contributed by atoms with Gasteiger partial charge in [0.1, 0.15) is 11.7 Å². The Morgan fingerprint density at radius 3 is 2.75 bits per heavy atom. The Labute approximate surface area is 148 Å². The minimum absolute atomic E-state index is 0. The zero-order valence-electron chi connectivity index (χ0n) is 11.8. The summed E-state index contributed by atoms with van der Waals surface area (Å²) in [6.45, 7) is 2.01. The molecule has 2 aromatic rings. The zero-order valence-corrected chi connectivity index (χ0v) is 15.5. The number of ether oxygens (including phenoxy) is 1. The number of hydrogen-bond acceptors (Lipinski definition) is 3. The van der Waals surface area contributed by atoms with Crippen molar-refractivity contribution in [3.8, 4) is 17.0 Å². The summed E-state index contributed by atoms with van der Waals surface area (Å²) in [6, 6.07) is 12.2. The van der Waals surface area contributed by atoms with E-state index < -0.39 is 0 Å². The number of thioether (sulfide) groups is 1. The first-order chi connectivity index (χ1) is 9.13. The van der Waals surface area contributed by atoms with Gasteiger partial charge in [-0.25, -0.2) is 0 Å². The zero-order chi connectivity index (χ0) is 13.8. The summed E-state index contributed by atoms with van der Waals surface area (Å²) in [5, 5.41) is 0. The Balaban J connectivity index is 0.00000200. The first-order valence-electron chi connectivity index (χ1n) is 5.94. The average Bonchev–Trinajstić information content (AvgIpc) is 2.40. The van der Waals surface area contributed by atoms with Crippen LogP contribution in [0.1, 0.15) is 5.56 Å². The van der Waals surface area contributed by atoms with Gasteiger partial charge < -0.3 is 9.30 Å². The Hall–Kier alpha value is -0.576. The molecule has 5 heteroatoms. The van der Waals surface area contributed by atoms with E-state index >= 15 is 0 Å². The van der Waals surface area contributed by atoms with Gasteiger partial charge in [0.15, 0.2) is 5.56 Å². The van der Waals surface area contributed by atoms with Gasteiger partial charge in [-0.2, -0.15) is 12.1 Å². The standard InChI is InChI=1S/C15H16NO2S.Y/c1-11-9-12(18-10-19-3)7-8-13(11)14-5-4-6-15(17)16(14)2;/h4,6-9H,10H2,1-3H3;/q-1;. The molecule has 0 atom stereocenters. The molecule has 0 aliphatic rings. The number of aryl methyl sites for hydroxylation is 1. The first kappa shape index (κ1) is 17.5. The Morgan fingerprint density at radius 1 is 1.35 bits per heavy atom. The quantitative estimate of drug-likeness (QED) is 0.618. The summed E-state index contributed by atoms with van der Waals surface area (Å²) < 4.78 is 7.17. The van der Waals surface area contributed by atoms with Crippen LogP contribution in [-0.2, 0) is 39.8 Å². The molecule has 0 N–H and O–H groups in total. The second kappa shape index (κ2) is 8.01. The first-order valence-corrected chi connectivity index (χ1v) is 7.33. The van der Waals surface area contributed by atoms with Gasteiger partial charge in [0.25, 0.3) is 0 Å². The van der Waals surface area contributed by atoms with Crippen molar-refractivity contribution in [3.05, 3.63) is 52.3 Å². The minimum atomic E-state index is -0.0316. The molecule has 2 rings (SSSR count). The predicted octanol–water partition coefficient (Wildman–Crippen LogP) is 2.86. The number of hydrogen-bond donors (Lipinski definition) is 0. The smallest absolute Gasteiger partial charge is 0.194 e. The van der Waals surface area contributed by atoms with Crippen LogP contribution >= 0.6 is 11.8 Å². The van der Waals surface area contributed by atoms with Gasteiger partial charge in [0, 0.05) is 39.8 Å². The molecule has 0 aliphatic heterocycles. The van der Waals surface area contributed by atoms with Crippen LogP contribution < -0.4 is 10.3 Å². The van der Waals surface area contributed by atoms with Crippen LogP contribution in [0.15, 0.2) is 35.1 Å². The second-order valence-corrected chi connectivity index (χ2v) is 5.06. The van der Waals surface area contributed by atoms with E-state index in [9.17, 15) is 4.79 Å². The molecule has 0 saturated carbocycles.